The lowest BCUT2D eigenvalue weighted by Crippen LogP contribution is -2.44. The average Bonchev–Trinajstić information content (AvgIpc) is 2.38. The number of carboxylic acid groups (broad SMARTS) is 1. The van der Waals surface area contributed by atoms with E-state index < -0.39 is 17.8 Å². The lowest BCUT2D eigenvalue weighted by Gasteiger charge is -2.08. The van der Waals surface area contributed by atoms with Crippen LogP contribution in [0, 0.1) is 5.82 Å². The Hall–Kier alpha value is -2.15. The minimum absolute atomic E-state index is 0.0981. The normalized spacial score (nSPS) is 10.0. The number of amides is 2. The SMILES string of the molecule is CCNNC(=O)NCCc1ccc(C(=O)O)cc1F. The van der Waals surface area contributed by atoms with Crippen molar-refractivity contribution in [2.75, 3.05) is 13.1 Å². The fraction of sp³-hybridized carbons (Fsp3) is 0.333. The summed E-state index contributed by atoms with van der Waals surface area (Å²) in [6.45, 7) is 2.68. The van der Waals surface area contributed by atoms with Crippen LogP contribution >= 0.6 is 0 Å². The maximum Gasteiger partial charge on any atom is 0.335 e. The predicted octanol–water partition coefficient (Wildman–Crippen LogP) is 0.890. The second-order valence-electron chi connectivity index (χ2n) is 3.77. The van der Waals surface area contributed by atoms with Crippen molar-refractivity contribution < 1.29 is 19.1 Å². The van der Waals surface area contributed by atoms with Gasteiger partial charge in [-0.2, -0.15) is 0 Å². The highest BCUT2D eigenvalue weighted by Gasteiger charge is 2.08. The Morgan fingerprint density at radius 1 is 1.37 bits per heavy atom. The Balaban J connectivity index is 2.45. The number of rotatable bonds is 6. The molecule has 0 saturated carbocycles. The van der Waals surface area contributed by atoms with E-state index in [-0.39, 0.29) is 18.5 Å². The summed E-state index contributed by atoms with van der Waals surface area (Å²) >= 11 is 0. The van der Waals surface area contributed by atoms with Gasteiger partial charge in [0.15, 0.2) is 0 Å². The third kappa shape index (κ3) is 4.92. The average molecular weight is 269 g/mol. The van der Waals surface area contributed by atoms with Gasteiger partial charge in [-0.05, 0) is 24.1 Å². The lowest BCUT2D eigenvalue weighted by atomic mass is 10.1. The predicted molar refractivity (Wildman–Crippen MR) is 67.3 cm³/mol. The molecule has 0 radical (unpaired) electrons. The molecular formula is C12H16FN3O3. The molecule has 19 heavy (non-hydrogen) atoms. The third-order valence-corrected chi connectivity index (χ3v) is 2.36. The van der Waals surface area contributed by atoms with Crippen LogP contribution in [0.4, 0.5) is 9.18 Å². The monoisotopic (exact) mass is 269 g/mol. The molecule has 0 aliphatic carbocycles. The molecule has 6 nitrogen and oxygen atoms in total. The van der Waals surface area contributed by atoms with Crippen molar-refractivity contribution in [2.45, 2.75) is 13.3 Å². The van der Waals surface area contributed by atoms with E-state index in [0.717, 1.165) is 6.07 Å². The van der Waals surface area contributed by atoms with Crippen LogP contribution in [0.2, 0.25) is 0 Å². The van der Waals surface area contributed by atoms with Crippen molar-refractivity contribution in [3.63, 3.8) is 0 Å². The minimum atomic E-state index is -1.17. The zero-order valence-electron chi connectivity index (χ0n) is 10.5. The van der Waals surface area contributed by atoms with Gasteiger partial charge in [0.05, 0.1) is 5.56 Å². The molecular weight excluding hydrogens is 253 g/mol. The fourth-order valence-electron chi connectivity index (χ4n) is 1.41. The molecule has 0 fully saturated rings. The smallest absolute Gasteiger partial charge is 0.335 e. The Morgan fingerprint density at radius 2 is 2.11 bits per heavy atom. The number of benzene rings is 1. The van der Waals surface area contributed by atoms with Crippen molar-refractivity contribution in [3.05, 3.63) is 35.1 Å². The molecule has 104 valence electrons. The number of hydrazine groups is 1. The van der Waals surface area contributed by atoms with Gasteiger partial charge in [0.25, 0.3) is 0 Å². The third-order valence-electron chi connectivity index (χ3n) is 2.36. The van der Waals surface area contributed by atoms with E-state index >= 15 is 0 Å². The summed E-state index contributed by atoms with van der Waals surface area (Å²) in [7, 11) is 0. The molecule has 0 saturated heterocycles. The second-order valence-corrected chi connectivity index (χ2v) is 3.77. The van der Waals surface area contributed by atoms with Gasteiger partial charge in [0, 0.05) is 13.1 Å². The number of carbonyl (C=O) groups excluding carboxylic acids is 1. The Labute approximate surface area is 110 Å². The molecule has 0 unspecified atom stereocenters. The van der Waals surface area contributed by atoms with Gasteiger partial charge >= 0.3 is 12.0 Å². The van der Waals surface area contributed by atoms with Crippen LogP contribution in [0.5, 0.6) is 0 Å². The van der Waals surface area contributed by atoms with Crippen molar-refractivity contribution in [3.8, 4) is 0 Å². The molecule has 0 heterocycles. The van der Waals surface area contributed by atoms with Gasteiger partial charge < -0.3 is 10.4 Å². The summed E-state index contributed by atoms with van der Waals surface area (Å²) in [6, 6.07) is 3.31. The topological polar surface area (TPSA) is 90.5 Å². The molecule has 1 aromatic carbocycles. The van der Waals surface area contributed by atoms with Crippen LogP contribution < -0.4 is 16.2 Å². The highest BCUT2D eigenvalue weighted by molar-refractivity contribution is 5.87. The van der Waals surface area contributed by atoms with E-state index in [4.69, 9.17) is 5.11 Å². The van der Waals surface area contributed by atoms with Crippen molar-refractivity contribution in [1.29, 1.82) is 0 Å². The van der Waals surface area contributed by atoms with Gasteiger partial charge in [0.1, 0.15) is 5.82 Å². The fourth-order valence-corrected chi connectivity index (χ4v) is 1.41. The number of carboxylic acids is 1. The van der Waals surface area contributed by atoms with Crippen LogP contribution in [0.25, 0.3) is 0 Å². The van der Waals surface area contributed by atoms with E-state index in [1.807, 2.05) is 6.92 Å². The van der Waals surface area contributed by atoms with E-state index in [2.05, 4.69) is 16.2 Å². The largest absolute Gasteiger partial charge is 0.478 e. The molecule has 2 amide bonds. The first-order chi connectivity index (χ1) is 9.04. The Morgan fingerprint density at radius 3 is 2.68 bits per heavy atom. The van der Waals surface area contributed by atoms with Crippen LogP contribution in [0.1, 0.15) is 22.8 Å². The molecule has 1 rings (SSSR count). The van der Waals surface area contributed by atoms with Gasteiger partial charge in [-0.3, -0.25) is 5.43 Å². The summed E-state index contributed by atoms with van der Waals surface area (Å²) in [4.78, 5) is 21.8. The van der Waals surface area contributed by atoms with Crippen molar-refractivity contribution >= 4 is 12.0 Å². The first-order valence-electron chi connectivity index (χ1n) is 5.83. The number of aromatic carboxylic acids is 1. The number of hydrogen-bond acceptors (Lipinski definition) is 3. The molecule has 0 atom stereocenters. The quantitative estimate of drug-likeness (QED) is 0.577. The van der Waals surface area contributed by atoms with Gasteiger partial charge in [0.2, 0.25) is 0 Å². The van der Waals surface area contributed by atoms with Crippen LogP contribution in [-0.4, -0.2) is 30.2 Å². The molecule has 0 aromatic heterocycles. The van der Waals surface area contributed by atoms with E-state index in [0.29, 0.717) is 12.1 Å². The molecule has 0 aliphatic rings. The van der Waals surface area contributed by atoms with E-state index in [1.54, 1.807) is 0 Å². The van der Waals surface area contributed by atoms with E-state index in [1.165, 1.54) is 12.1 Å². The summed E-state index contributed by atoms with van der Waals surface area (Å²) in [5.74, 6) is -1.76. The first kappa shape index (κ1) is 14.9. The van der Waals surface area contributed by atoms with Crippen LogP contribution in [-0.2, 0) is 6.42 Å². The van der Waals surface area contributed by atoms with Crippen LogP contribution in [0.3, 0.4) is 0 Å². The summed E-state index contributed by atoms with van der Waals surface area (Å²) < 4.78 is 13.5. The van der Waals surface area contributed by atoms with Crippen molar-refractivity contribution in [1.82, 2.24) is 16.2 Å². The zero-order valence-corrected chi connectivity index (χ0v) is 10.5. The number of halogens is 1. The Bertz CT molecular complexity index is 466. The number of urea groups is 1. The molecule has 0 aliphatic heterocycles. The molecule has 1 aromatic rings. The lowest BCUT2D eigenvalue weighted by molar-refractivity contribution is 0.0696. The van der Waals surface area contributed by atoms with Crippen LogP contribution in [0.15, 0.2) is 18.2 Å². The maximum atomic E-state index is 13.5. The molecule has 0 bridgehead atoms. The first-order valence-corrected chi connectivity index (χ1v) is 5.83. The highest BCUT2D eigenvalue weighted by Crippen LogP contribution is 2.10. The summed E-state index contributed by atoms with van der Waals surface area (Å²) in [5, 5.41) is 11.2. The van der Waals surface area contributed by atoms with E-state index in [9.17, 15) is 14.0 Å². The second kappa shape index (κ2) is 7.32. The Kier molecular flexibility index (Phi) is 5.74. The molecule has 0 spiro atoms. The maximum absolute atomic E-state index is 13.5. The van der Waals surface area contributed by atoms with Gasteiger partial charge in [-0.15, -0.1) is 0 Å². The molecule has 7 heteroatoms. The number of hydrogen-bond donors (Lipinski definition) is 4. The molecule has 4 N–H and O–H groups in total. The summed E-state index contributed by atoms with van der Waals surface area (Å²) in [6.07, 6.45) is 0.283. The number of nitrogens with one attached hydrogen (secondary N) is 3. The number of carbonyl (C=O) groups is 2. The minimum Gasteiger partial charge on any atom is -0.478 e. The van der Waals surface area contributed by atoms with Gasteiger partial charge in [-0.25, -0.2) is 19.4 Å². The zero-order chi connectivity index (χ0) is 14.3. The highest BCUT2D eigenvalue weighted by atomic mass is 19.1. The van der Waals surface area contributed by atoms with Crippen molar-refractivity contribution in [2.24, 2.45) is 0 Å². The van der Waals surface area contributed by atoms with Gasteiger partial charge in [-0.1, -0.05) is 13.0 Å². The summed E-state index contributed by atoms with van der Waals surface area (Å²) in [5.41, 5.74) is 5.27. The standard InChI is InChI=1S/C12H16FN3O3/c1-2-15-16-12(19)14-6-5-8-3-4-9(11(17)18)7-10(8)13/h3-4,7,15H,2,5-6H2,1H3,(H,17,18)(H2,14,16,19).